The largest absolute Gasteiger partial charge is 0.467 e. The van der Waals surface area contributed by atoms with Crippen molar-refractivity contribution in [1.82, 2.24) is 10.6 Å². The number of rotatable bonds is 6. The Balaban J connectivity index is 1.39. The van der Waals surface area contributed by atoms with Crippen LogP contribution in [-0.2, 0) is 11.3 Å². The lowest BCUT2D eigenvalue weighted by atomic mass is 10.2. The van der Waals surface area contributed by atoms with Crippen LogP contribution in [-0.4, -0.2) is 31.3 Å². The maximum Gasteiger partial charge on any atom is 0.319 e. The van der Waals surface area contributed by atoms with Crippen LogP contribution in [0.3, 0.4) is 0 Å². The van der Waals surface area contributed by atoms with Crippen molar-refractivity contribution in [2.24, 2.45) is 0 Å². The molecule has 2 heterocycles. The van der Waals surface area contributed by atoms with Gasteiger partial charge in [0.2, 0.25) is 0 Å². The lowest BCUT2D eigenvalue weighted by molar-refractivity contribution is 0.112. The molecule has 8 heteroatoms. The SMILES string of the molecule is O=C(NCc1ccco1)Nc1ccc(NC(=O)NCC2CCCO2)cc1. The fourth-order valence-corrected chi connectivity index (χ4v) is 2.58. The molecule has 0 bridgehead atoms. The van der Waals surface area contributed by atoms with E-state index in [-0.39, 0.29) is 18.2 Å². The average Bonchev–Trinajstić information content (AvgIpc) is 3.34. The highest BCUT2D eigenvalue weighted by atomic mass is 16.5. The highest BCUT2D eigenvalue weighted by molar-refractivity contribution is 5.91. The molecule has 4 N–H and O–H groups in total. The van der Waals surface area contributed by atoms with E-state index in [0.29, 0.717) is 30.2 Å². The minimum atomic E-state index is -0.337. The molecule has 138 valence electrons. The van der Waals surface area contributed by atoms with Crippen molar-refractivity contribution >= 4 is 23.4 Å². The third-order valence-corrected chi connectivity index (χ3v) is 3.92. The van der Waals surface area contributed by atoms with Crippen LogP contribution >= 0.6 is 0 Å². The number of hydrogen-bond acceptors (Lipinski definition) is 4. The number of amides is 4. The Morgan fingerprint density at radius 2 is 1.69 bits per heavy atom. The topological polar surface area (TPSA) is 105 Å². The number of nitrogens with one attached hydrogen (secondary N) is 4. The van der Waals surface area contributed by atoms with Gasteiger partial charge in [-0.1, -0.05) is 0 Å². The van der Waals surface area contributed by atoms with Crippen molar-refractivity contribution in [1.29, 1.82) is 0 Å². The number of urea groups is 2. The van der Waals surface area contributed by atoms with Gasteiger partial charge in [0.1, 0.15) is 5.76 Å². The fourth-order valence-electron chi connectivity index (χ4n) is 2.58. The summed E-state index contributed by atoms with van der Waals surface area (Å²) in [7, 11) is 0. The molecule has 2 aromatic rings. The van der Waals surface area contributed by atoms with Gasteiger partial charge in [0, 0.05) is 24.5 Å². The van der Waals surface area contributed by atoms with Crippen molar-refractivity contribution in [3.05, 3.63) is 48.4 Å². The van der Waals surface area contributed by atoms with Gasteiger partial charge in [0.25, 0.3) is 0 Å². The Morgan fingerprint density at radius 1 is 1.00 bits per heavy atom. The zero-order valence-corrected chi connectivity index (χ0v) is 14.3. The van der Waals surface area contributed by atoms with E-state index in [2.05, 4.69) is 21.3 Å². The van der Waals surface area contributed by atoms with Crippen LogP contribution < -0.4 is 21.3 Å². The van der Waals surface area contributed by atoms with Crippen LogP contribution in [0.2, 0.25) is 0 Å². The first-order valence-corrected chi connectivity index (χ1v) is 8.53. The number of carbonyl (C=O) groups excluding carboxylic acids is 2. The van der Waals surface area contributed by atoms with Gasteiger partial charge in [-0.3, -0.25) is 0 Å². The molecule has 4 amide bonds. The second kappa shape index (κ2) is 8.91. The second-order valence-electron chi connectivity index (χ2n) is 5.93. The zero-order valence-electron chi connectivity index (χ0n) is 14.3. The number of hydrogen-bond donors (Lipinski definition) is 4. The molecule has 1 atom stereocenters. The molecule has 1 saturated heterocycles. The molecular weight excluding hydrogens is 336 g/mol. The van der Waals surface area contributed by atoms with Gasteiger partial charge in [-0.15, -0.1) is 0 Å². The van der Waals surface area contributed by atoms with Crippen LogP contribution in [0.4, 0.5) is 21.0 Å². The Hall–Kier alpha value is -3.00. The molecule has 26 heavy (non-hydrogen) atoms. The van der Waals surface area contributed by atoms with Crippen LogP contribution in [0.15, 0.2) is 47.1 Å². The van der Waals surface area contributed by atoms with E-state index in [9.17, 15) is 9.59 Å². The first-order chi connectivity index (χ1) is 12.7. The van der Waals surface area contributed by atoms with Crippen LogP contribution in [0.1, 0.15) is 18.6 Å². The van der Waals surface area contributed by atoms with E-state index in [1.54, 1.807) is 42.7 Å². The Bertz CT molecular complexity index is 709. The van der Waals surface area contributed by atoms with Crippen molar-refractivity contribution in [2.75, 3.05) is 23.8 Å². The second-order valence-corrected chi connectivity index (χ2v) is 5.93. The molecular formula is C18H22N4O4. The van der Waals surface area contributed by atoms with Crippen molar-refractivity contribution in [2.45, 2.75) is 25.5 Å². The molecule has 1 fully saturated rings. The quantitative estimate of drug-likeness (QED) is 0.637. The summed E-state index contributed by atoms with van der Waals surface area (Å²) in [5.74, 6) is 0.675. The molecule has 8 nitrogen and oxygen atoms in total. The zero-order chi connectivity index (χ0) is 18.2. The van der Waals surface area contributed by atoms with Gasteiger partial charge in [-0.25, -0.2) is 9.59 Å². The molecule has 0 aliphatic carbocycles. The lowest BCUT2D eigenvalue weighted by Gasteiger charge is -2.12. The van der Waals surface area contributed by atoms with Gasteiger partial charge in [-0.05, 0) is 49.2 Å². The van der Waals surface area contributed by atoms with Gasteiger partial charge < -0.3 is 30.4 Å². The maximum atomic E-state index is 11.9. The summed E-state index contributed by atoms with van der Waals surface area (Å²) >= 11 is 0. The maximum absolute atomic E-state index is 11.9. The third kappa shape index (κ3) is 5.52. The number of anilines is 2. The molecule has 0 saturated carbocycles. The van der Waals surface area contributed by atoms with E-state index in [0.717, 1.165) is 19.4 Å². The molecule has 1 aliphatic rings. The molecule has 0 spiro atoms. The Labute approximate surface area is 151 Å². The normalized spacial score (nSPS) is 16.1. The average molecular weight is 358 g/mol. The van der Waals surface area contributed by atoms with Crippen LogP contribution in [0.25, 0.3) is 0 Å². The van der Waals surface area contributed by atoms with E-state index >= 15 is 0 Å². The third-order valence-electron chi connectivity index (χ3n) is 3.92. The number of ether oxygens (including phenoxy) is 1. The molecule has 0 radical (unpaired) electrons. The summed E-state index contributed by atoms with van der Waals surface area (Å²) in [4.78, 5) is 23.7. The first kappa shape index (κ1) is 17.8. The van der Waals surface area contributed by atoms with Crippen LogP contribution in [0.5, 0.6) is 0 Å². The molecule has 1 aromatic heterocycles. The number of benzene rings is 1. The van der Waals surface area contributed by atoms with E-state index in [4.69, 9.17) is 9.15 Å². The monoisotopic (exact) mass is 358 g/mol. The molecule has 1 unspecified atom stereocenters. The van der Waals surface area contributed by atoms with E-state index in [1.165, 1.54) is 0 Å². The molecule has 1 aromatic carbocycles. The lowest BCUT2D eigenvalue weighted by Crippen LogP contribution is -2.35. The highest BCUT2D eigenvalue weighted by Crippen LogP contribution is 2.14. The first-order valence-electron chi connectivity index (χ1n) is 8.53. The summed E-state index contributed by atoms with van der Waals surface area (Å²) in [5, 5.41) is 10.9. The standard InChI is InChI=1S/C18H22N4O4/c23-17(19-11-15-3-1-9-25-15)21-13-5-7-14(8-6-13)22-18(24)20-12-16-4-2-10-26-16/h1,3,5-9,16H,2,4,10-12H2,(H2,19,21,23)(H2,20,22,24). The Morgan fingerprint density at radius 3 is 2.27 bits per heavy atom. The smallest absolute Gasteiger partial charge is 0.319 e. The van der Waals surface area contributed by atoms with E-state index in [1.807, 2.05) is 0 Å². The van der Waals surface area contributed by atoms with Gasteiger partial charge in [0.15, 0.2) is 0 Å². The Kier molecular flexibility index (Phi) is 6.10. The molecule has 1 aliphatic heterocycles. The van der Waals surface area contributed by atoms with Crippen molar-refractivity contribution in [3.8, 4) is 0 Å². The highest BCUT2D eigenvalue weighted by Gasteiger charge is 2.16. The summed E-state index contributed by atoms with van der Waals surface area (Å²) in [6.07, 6.45) is 3.67. The summed E-state index contributed by atoms with van der Waals surface area (Å²) < 4.78 is 10.6. The summed E-state index contributed by atoms with van der Waals surface area (Å²) in [6, 6.07) is 9.78. The van der Waals surface area contributed by atoms with Crippen molar-refractivity contribution in [3.63, 3.8) is 0 Å². The summed E-state index contributed by atoms with van der Waals surface area (Å²) in [5.41, 5.74) is 1.25. The predicted octanol–water partition coefficient (Wildman–Crippen LogP) is 2.90. The van der Waals surface area contributed by atoms with E-state index < -0.39 is 0 Å². The van der Waals surface area contributed by atoms with Gasteiger partial charge in [0.05, 0.1) is 18.9 Å². The minimum Gasteiger partial charge on any atom is -0.467 e. The predicted molar refractivity (Wildman–Crippen MR) is 97.0 cm³/mol. The fraction of sp³-hybridized carbons (Fsp3) is 0.333. The molecule has 3 rings (SSSR count). The summed E-state index contributed by atoms with van der Waals surface area (Å²) in [6.45, 7) is 1.57. The number of carbonyl (C=O) groups is 2. The van der Waals surface area contributed by atoms with Gasteiger partial charge in [-0.2, -0.15) is 0 Å². The van der Waals surface area contributed by atoms with Crippen molar-refractivity contribution < 1.29 is 18.7 Å². The number of furan rings is 1. The van der Waals surface area contributed by atoms with Gasteiger partial charge >= 0.3 is 12.1 Å². The minimum absolute atomic E-state index is 0.104. The van der Waals surface area contributed by atoms with Crippen LogP contribution in [0, 0.1) is 0 Å².